The maximum atomic E-state index is 8.48. The maximum absolute atomic E-state index is 8.48. The highest BCUT2D eigenvalue weighted by molar-refractivity contribution is 6.25. The molecular weight excluding hydrogens is 609 g/mol. The maximum Gasteiger partial charge on any atom is 0.151 e. The lowest BCUT2D eigenvalue weighted by atomic mass is 9.91. The van der Waals surface area contributed by atoms with Crippen molar-refractivity contribution in [3.63, 3.8) is 0 Å². The van der Waals surface area contributed by atoms with Gasteiger partial charge in [-0.2, -0.15) is 0 Å². The number of rotatable bonds is 6. The van der Waals surface area contributed by atoms with Gasteiger partial charge in [0.1, 0.15) is 0 Å². The molecule has 8 aromatic carbocycles. The molecule has 1 aliphatic heterocycles. The Balaban J connectivity index is 1.27. The monoisotopic (exact) mass is 640 g/mol. The molecule has 0 amide bonds. The molecule has 1 aliphatic rings. The third-order valence-electron chi connectivity index (χ3n) is 9.61. The molecular formula is C47H32N2O. The Kier molecular flexibility index (Phi) is 7.10. The summed E-state index contributed by atoms with van der Waals surface area (Å²) in [7, 11) is 0. The highest BCUT2D eigenvalue weighted by Crippen LogP contribution is 2.51. The van der Waals surface area contributed by atoms with E-state index in [1.807, 2.05) is 36.4 Å². The van der Waals surface area contributed by atoms with Gasteiger partial charge in [-0.3, -0.25) is 0 Å². The number of hydrogen-bond acceptors (Lipinski definition) is 3. The number of nitrogens with zero attached hydrogens (tertiary/aromatic N) is 1. The Morgan fingerprint density at radius 1 is 0.500 bits per heavy atom. The van der Waals surface area contributed by atoms with Gasteiger partial charge < -0.3 is 15.0 Å². The minimum absolute atomic E-state index is 0.448. The van der Waals surface area contributed by atoms with Gasteiger partial charge in [0.25, 0.3) is 0 Å². The molecule has 3 nitrogen and oxygen atoms in total. The van der Waals surface area contributed by atoms with Crippen LogP contribution >= 0.6 is 0 Å². The van der Waals surface area contributed by atoms with E-state index in [-0.39, 0.29) is 0 Å². The average Bonchev–Trinajstić information content (AvgIpc) is 3.18. The minimum Gasteiger partial charge on any atom is -0.453 e. The topological polar surface area (TPSA) is 36.3 Å². The zero-order valence-electron chi connectivity index (χ0n) is 27.3. The van der Waals surface area contributed by atoms with E-state index >= 15 is 0 Å². The lowest BCUT2D eigenvalue weighted by molar-refractivity contribution is 0.477. The number of hydrogen-bond donors (Lipinski definition) is 1. The van der Waals surface area contributed by atoms with E-state index in [1.165, 1.54) is 32.3 Å². The van der Waals surface area contributed by atoms with Gasteiger partial charge in [-0.15, -0.1) is 0 Å². The van der Waals surface area contributed by atoms with E-state index in [4.69, 9.17) is 10.1 Å². The number of para-hydroxylation sites is 4. The SMILES string of the molecule is C=C/C=C\C(=N)c1ccc(-c2cc(-c3ccc4c5ccccc5c5ccccc5c4c3)cc(N3c4ccccc4Oc4ccccc43)c2)cc1. The zero-order chi connectivity index (χ0) is 33.6. The van der Waals surface area contributed by atoms with Crippen LogP contribution in [0.15, 0.2) is 183 Å². The van der Waals surface area contributed by atoms with Crippen LogP contribution in [-0.4, -0.2) is 5.71 Å². The molecule has 0 saturated heterocycles. The lowest BCUT2D eigenvalue weighted by Crippen LogP contribution is -2.15. The van der Waals surface area contributed by atoms with E-state index in [0.717, 1.165) is 56.4 Å². The molecule has 50 heavy (non-hydrogen) atoms. The van der Waals surface area contributed by atoms with Crippen molar-refractivity contribution < 1.29 is 4.74 Å². The molecule has 0 atom stereocenters. The fraction of sp³-hybridized carbons (Fsp3) is 0. The van der Waals surface area contributed by atoms with Gasteiger partial charge in [0.2, 0.25) is 0 Å². The molecule has 0 aromatic heterocycles. The molecule has 236 valence electrons. The molecule has 0 unspecified atom stereocenters. The van der Waals surface area contributed by atoms with Crippen LogP contribution in [0.2, 0.25) is 0 Å². The van der Waals surface area contributed by atoms with Crippen LogP contribution in [0.4, 0.5) is 17.1 Å². The average molecular weight is 641 g/mol. The molecule has 0 bridgehead atoms. The Morgan fingerprint density at radius 2 is 1.00 bits per heavy atom. The standard InChI is InChI=1S/C47H32N2O/c1-2-3-16-43(48)32-23-21-31(22-24-32)34-27-35(29-36(28-34)49-44-17-8-10-19-46(44)50-47-20-11-9-18-45(47)49)33-25-26-41-39-14-5-4-12-37(39)38-13-6-7-15-40(38)42(41)30-33/h2-30,48H,1H2/b16-3-,48-43?. The molecule has 1 N–H and O–H groups in total. The minimum atomic E-state index is 0.448. The van der Waals surface area contributed by atoms with Crippen LogP contribution in [0.25, 0.3) is 54.6 Å². The fourth-order valence-corrected chi connectivity index (χ4v) is 7.25. The van der Waals surface area contributed by atoms with E-state index < -0.39 is 0 Å². The quantitative estimate of drug-likeness (QED) is 0.112. The summed E-state index contributed by atoms with van der Waals surface area (Å²) in [4.78, 5) is 2.30. The van der Waals surface area contributed by atoms with E-state index in [0.29, 0.717) is 5.71 Å². The molecule has 0 saturated carbocycles. The van der Waals surface area contributed by atoms with Crippen LogP contribution in [0.3, 0.4) is 0 Å². The first-order valence-corrected chi connectivity index (χ1v) is 16.8. The second kappa shape index (κ2) is 12.1. The van der Waals surface area contributed by atoms with Gasteiger partial charge in [-0.25, -0.2) is 0 Å². The zero-order valence-corrected chi connectivity index (χ0v) is 27.3. The van der Waals surface area contributed by atoms with Gasteiger partial charge in [0, 0.05) is 5.69 Å². The van der Waals surface area contributed by atoms with Crippen molar-refractivity contribution >= 4 is 55.1 Å². The van der Waals surface area contributed by atoms with Gasteiger partial charge in [-0.1, -0.05) is 128 Å². The summed E-state index contributed by atoms with van der Waals surface area (Å²) in [6.45, 7) is 3.74. The van der Waals surface area contributed by atoms with Crippen molar-refractivity contribution in [3.05, 3.63) is 188 Å². The first-order valence-electron chi connectivity index (χ1n) is 16.8. The number of benzene rings is 8. The van der Waals surface area contributed by atoms with Crippen molar-refractivity contribution in [2.75, 3.05) is 4.90 Å². The molecule has 0 fully saturated rings. The summed E-state index contributed by atoms with van der Waals surface area (Å²) >= 11 is 0. The van der Waals surface area contributed by atoms with Crippen LogP contribution in [0.5, 0.6) is 11.5 Å². The van der Waals surface area contributed by atoms with E-state index in [9.17, 15) is 0 Å². The van der Waals surface area contributed by atoms with Crippen molar-refractivity contribution in [1.82, 2.24) is 0 Å². The van der Waals surface area contributed by atoms with Gasteiger partial charge >= 0.3 is 0 Å². The van der Waals surface area contributed by atoms with Crippen molar-refractivity contribution in [2.24, 2.45) is 0 Å². The van der Waals surface area contributed by atoms with Gasteiger partial charge in [0.15, 0.2) is 11.5 Å². The summed E-state index contributed by atoms with van der Waals surface area (Å²) in [5, 5.41) is 16.0. The summed E-state index contributed by atoms with van der Waals surface area (Å²) in [5.41, 5.74) is 8.73. The molecule has 9 rings (SSSR count). The van der Waals surface area contributed by atoms with Gasteiger partial charge in [0.05, 0.1) is 17.1 Å². The highest BCUT2D eigenvalue weighted by atomic mass is 16.5. The Hall–Kier alpha value is -6.71. The summed E-state index contributed by atoms with van der Waals surface area (Å²) in [6.07, 6.45) is 5.25. The molecule has 3 heteroatoms. The number of fused-ring (bicyclic) bond motifs is 8. The Morgan fingerprint density at radius 3 is 1.60 bits per heavy atom. The third kappa shape index (κ3) is 4.96. The number of nitrogens with one attached hydrogen (secondary N) is 1. The highest BCUT2D eigenvalue weighted by Gasteiger charge is 2.26. The molecule has 0 radical (unpaired) electrons. The van der Waals surface area contributed by atoms with Crippen LogP contribution in [0.1, 0.15) is 5.56 Å². The number of allylic oxidation sites excluding steroid dienone is 3. The predicted molar refractivity (Wildman–Crippen MR) is 211 cm³/mol. The Bertz CT molecular complexity index is 2590. The summed E-state index contributed by atoms with van der Waals surface area (Å²) in [5.74, 6) is 1.63. The lowest BCUT2D eigenvalue weighted by Gasteiger charge is -2.33. The molecule has 1 heterocycles. The first-order chi connectivity index (χ1) is 24.7. The van der Waals surface area contributed by atoms with Crippen LogP contribution in [-0.2, 0) is 0 Å². The van der Waals surface area contributed by atoms with Crippen LogP contribution in [0, 0.1) is 5.41 Å². The molecule has 8 aromatic rings. The Labute approximate surface area is 291 Å². The van der Waals surface area contributed by atoms with Crippen molar-refractivity contribution in [3.8, 4) is 33.8 Å². The van der Waals surface area contributed by atoms with Crippen molar-refractivity contribution in [1.29, 1.82) is 5.41 Å². The number of anilines is 3. The first kappa shape index (κ1) is 29.4. The predicted octanol–water partition coefficient (Wildman–Crippen LogP) is 13.2. The van der Waals surface area contributed by atoms with Crippen LogP contribution < -0.4 is 9.64 Å². The fourth-order valence-electron chi connectivity index (χ4n) is 7.25. The second-order valence-electron chi connectivity index (χ2n) is 12.6. The smallest absolute Gasteiger partial charge is 0.151 e. The summed E-state index contributed by atoms with van der Waals surface area (Å²) < 4.78 is 6.37. The van der Waals surface area contributed by atoms with Crippen molar-refractivity contribution in [2.45, 2.75) is 0 Å². The normalized spacial score (nSPS) is 12.2. The second-order valence-corrected chi connectivity index (χ2v) is 12.6. The molecule has 0 aliphatic carbocycles. The van der Waals surface area contributed by atoms with Gasteiger partial charge in [-0.05, 0) is 115 Å². The summed E-state index contributed by atoms with van der Waals surface area (Å²) in [6, 6.07) is 55.8. The molecule has 0 spiro atoms. The van der Waals surface area contributed by atoms with E-state index in [1.54, 1.807) is 18.2 Å². The van der Waals surface area contributed by atoms with E-state index in [2.05, 4.69) is 133 Å². The largest absolute Gasteiger partial charge is 0.453 e. The number of ether oxygens (including phenoxy) is 1. The third-order valence-corrected chi connectivity index (χ3v) is 9.61.